The number of rotatable bonds is 4. The van der Waals surface area contributed by atoms with Gasteiger partial charge < -0.3 is 20.3 Å². The summed E-state index contributed by atoms with van der Waals surface area (Å²) < 4.78 is 5.28. The summed E-state index contributed by atoms with van der Waals surface area (Å²) in [6.45, 7) is 0.637. The molecule has 1 fully saturated rings. The summed E-state index contributed by atoms with van der Waals surface area (Å²) in [5.74, 6) is -0.0947. The van der Waals surface area contributed by atoms with E-state index in [-0.39, 0.29) is 34.8 Å². The third kappa shape index (κ3) is 4.18. The van der Waals surface area contributed by atoms with Crippen molar-refractivity contribution < 1.29 is 14.3 Å². The number of ether oxygens (including phenoxy) is 1. The van der Waals surface area contributed by atoms with Crippen LogP contribution in [0.4, 0.5) is 11.4 Å². The van der Waals surface area contributed by atoms with E-state index in [0.717, 1.165) is 12.1 Å². The molecular formula is C20H23Cl2N3O3. The number of amides is 2. The third-order valence-corrected chi connectivity index (χ3v) is 5.14. The molecule has 0 spiro atoms. The molecule has 2 N–H and O–H groups in total. The van der Waals surface area contributed by atoms with Crippen LogP contribution in [-0.2, 0) is 4.79 Å². The van der Waals surface area contributed by atoms with Crippen LogP contribution in [0.2, 0.25) is 5.02 Å². The van der Waals surface area contributed by atoms with E-state index >= 15 is 0 Å². The van der Waals surface area contributed by atoms with Crippen molar-refractivity contribution >= 4 is 47.2 Å². The van der Waals surface area contributed by atoms with Gasteiger partial charge in [-0.05, 0) is 31.0 Å². The second-order valence-corrected chi connectivity index (χ2v) is 6.88. The first-order valence-electron chi connectivity index (χ1n) is 8.70. The topological polar surface area (TPSA) is 75.9 Å². The summed E-state index contributed by atoms with van der Waals surface area (Å²) in [5, 5.41) is 0.272. The largest absolute Gasteiger partial charge is 0.496 e. The summed E-state index contributed by atoms with van der Waals surface area (Å²) in [5.41, 5.74) is 7.24. The lowest BCUT2D eigenvalue weighted by molar-refractivity contribution is -0.124. The van der Waals surface area contributed by atoms with Gasteiger partial charge in [0.15, 0.2) is 0 Å². The van der Waals surface area contributed by atoms with Crippen molar-refractivity contribution in [1.29, 1.82) is 0 Å². The Bertz CT molecular complexity index is 861. The van der Waals surface area contributed by atoms with E-state index in [1.807, 2.05) is 30.3 Å². The van der Waals surface area contributed by atoms with E-state index in [9.17, 15) is 9.59 Å². The molecule has 28 heavy (non-hydrogen) atoms. The molecule has 150 valence electrons. The number of hydrogen-bond acceptors (Lipinski definition) is 4. The lowest BCUT2D eigenvalue weighted by Gasteiger charge is -2.37. The Morgan fingerprint density at radius 2 is 1.96 bits per heavy atom. The fourth-order valence-corrected chi connectivity index (χ4v) is 3.48. The first-order valence-corrected chi connectivity index (χ1v) is 9.08. The maximum atomic E-state index is 13.1. The molecule has 1 saturated heterocycles. The van der Waals surface area contributed by atoms with Crippen LogP contribution in [0.3, 0.4) is 0 Å². The summed E-state index contributed by atoms with van der Waals surface area (Å²) >= 11 is 6.08. The molecule has 8 heteroatoms. The number of para-hydroxylation sites is 1. The Balaban J connectivity index is 0.00000280. The molecule has 3 rings (SSSR count). The van der Waals surface area contributed by atoms with E-state index in [0.29, 0.717) is 24.4 Å². The third-order valence-electron chi connectivity index (χ3n) is 4.82. The quantitative estimate of drug-likeness (QED) is 0.761. The van der Waals surface area contributed by atoms with Gasteiger partial charge in [0.2, 0.25) is 5.91 Å². The summed E-state index contributed by atoms with van der Waals surface area (Å²) in [6, 6.07) is 11.9. The zero-order chi connectivity index (χ0) is 19.6. The summed E-state index contributed by atoms with van der Waals surface area (Å²) in [6.07, 6.45) is 1.41. The van der Waals surface area contributed by atoms with Gasteiger partial charge in [0.25, 0.3) is 5.91 Å². The van der Waals surface area contributed by atoms with E-state index in [2.05, 4.69) is 0 Å². The molecule has 6 nitrogen and oxygen atoms in total. The number of nitrogens with zero attached hydrogens (tertiary/aromatic N) is 2. The summed E-state index contributed by atoms with van der Waals surface area (Å²) in [4.78, 5) is 29.3. The lowest BCUT2D eigenvalue weighted by Crippen LogP contribution is -2.53. The first-order chi connectivity index (χ1) is 12.9. The zero-order valence-corrected chi connectivity index (χ0v) is 17.3. The van der Waals surface area contributed by atoms with E-state index in [1.165, 1.54) is 24.1 Å². The first kappa shape index (κ1) is 21.9. The molecule has 0 aliphatic carbocycles. The Kier molecular flexibility index (Phi) is 7.16. The van der Waals surface area contributed by atoms with E-state index in [1.54, 1.807) is 11.9 Å². The number of piperidine rings is 1. The minimum atomic E-state index is -0.549. The van der Waals surface area contributed by atoms with Crippen LogP contribution >= 0.6 is 24.0 Å². The molecule has 1 aliphatic rings. The lowest BCUT2D eigenvalue weighted by atomic mass is 10.0. The van der Waals surface area contributed by atoms with Crippen LogP contribution in [0, 0.1) is 0 Å². The van der Waals surface area contributed by atoms with Crippen LogP contribution in [0.5, 0.6) is 5.75 Å². The van der Waals surface area contributed by atoms with Crippen molar-refractivity contribution in [2.75, 3.05) is 31.3 Å². The minimum Gasteiger partial charge on any atom is -0.496 e. The molecule has 1 unspecified atom stereocenters. The molecule has 0 bridgehead atoms. The molecule has 0 radical (unpaired) electrons. The van der Waals surface area contributed by atoms with Crippen LogP contribution in [0.1, 0.15) is 23.2 Å². The van der Waals surface area contributed by atoms with Gasteiger partial charge in [0.1, 0.15) is 11.8 Å². The van der Waals surface area contributed by atoms with Crippen molar-refractivity contribution in [1.82, 2.24) is 4.90 Å². The van der Waals surface area contributed by atoms with Gasteiger partial charge in [-0.3, -0.25) is 9.59 Å². The van der Waals surface area contributed by atoms with Gasteiger partial charge in [-0.1, -0.05) is 29.8 Å². The van der Waals surface area contributed by atoms with Crippen LogP contribution < -0.4 is 15.4 Å². The highest BCUT2D eigenvalue weighted by Gasteiger charge is 2.35. The predicted octanol–water partition coefficient (Wildman–Crippen LogP) is 3.62. The van der Waals surface area contributed by atoms with Gasteiger partial charge in [0.05, 0.1) is 23.4 Å². The number of anilines is 2. The average molecular weight is 424 g/mol. The molecule has 0 aromatic heterocycles. The second-order valence-electron chi connectivity index (χ2n) is 6.47. The number of carbonyl (C=O) groups is 2. The Labute approximate surface area is 175 Å². The van der Waals surface area contributed by atoms with Gasteiger partial charge in [0, 0.05) is 25.3 Å². The average Bonchev–Trinajstić information content (AvgIpc) is 2.69. The van der Waals surface area contributed by atoms with Crippen LogP contribution in [-0.4, -0.2) is 43.5 Å². The highest BCUT2D eigenvalue weighted by molar-refractivity contribution is 6.33. The number of carbonyl (C=O) groups excluding carboxylic acids is 2. The van der Waals surface area contributed by atoms with E-state index in [4.69, 9.17) is 22.1 Å². The van der Waals surface area contributed by atoms with Crippen LogP contribution in [0.15, 0.2) is 42.5 Å². The predicted molar refractivity (Wildman–Crippen MR) is 114 cm³/mol. The number of nitrogen functional groups attached to an aromatic ring is 1. The fourth-order valence-electron chi connectivity index (χ4n) is 3.32. The number of benzene rings is 2. The van der Waals surface area contributed by atoms with E-state index < -0.39 is 6.04 Å². The fraction of sp³-hybridized carbons (Fsp3) is 0.300. The number of halogens is 2. The van der Waals surface area contributed by atoms with Gasteiger partial charge in [-0.25, -0.2) is 0 Å². The zero-order valence-electron chi connectivity index (χ0n) is 15.7. The number of nitrogens with two attached hydrogens (primary N) is 1. The molecule has 2 amide bonds. The van der Waals surface area contributed by atoms with Crippen molar-refractivity contribution in [2.24, 2.45) is 0 Å². The molecule has 1 atom stereocenters. The molecule has 2 aromatic rings. The normalized spacial score (nSPS) is 16.3. The van der Waals surface area contributed by atoms with Crippen molar-refractivity contribution in [2.45, 2.75) is 18.9 Å². The summed E-state index contributed by atoms with van der Waals surface area (Å²) in [7, 11) is 3.09. The number of methoxy groups -OCH3 is 1. The minimum absolute atomic E-state index is 0. The van der Waals surface area contributed by atoms with Gasteiger partial charge in [-0.2, -0.15) is 0 Å². The number of hydrogen-bond donors (Lipinski definition) is 1. The highest BCUT2D eigenvalue weighted by Crippen LogP contribution is 2.31. The monoisotopic (exact) mass is 423 g/mol. The van der Waals surface area contributed by atoms with Gasteiger partial charge >= 0.3 is 0 Å². The maximum absolute atomic E-state index is 13.1. The standard InChI is InChI=1S/C20H22ClN3O3.ClH/c1-23(19(25)14-11-15(21)16(22)12-18(14)27-2)17-9-6-10-24(20(17)26)13-7-4-3-5-8-13;/h3-5,7-8,11-12,17H,6,9-10,22H2,1-2H3;1H. The Morgan fingerprint density at radius 3 is 2.61 bits per heavy atom. The molecule has 1 heterocycles. The Hall–Kier alpha value is -2.44. The molecule has 0 saturated carbocycles. The van der Waals surface area contributed by atoms with Crippen LogP contribution in [0.25, 0.3) is 0 Å². The SMILES string of the molecule is COc1cc(N)c(Cl)cc1C(=O)N(C)C1CCCN(c2ccccc2)C1=O.Cl. The Morgan fingerprint density at radius 1 is 1.29 bits per heavy atom. The maximum Gasteiger partial charge on any atom is 0.258 e. The van der Waals surface area contributed by atoms with Gasteiger partial charge in [-0.15, -0.1) is 12.4 Å². The van der Waals surface area contributed by atoms with Crippen molar-refractivity contribution in [3.05, 3.63) is 53.1 Å². The highest BCUT2D eigenvalue weighted by atomic mass is 35.5. The molecule has 2 aromatic carbocycles. The molecule has 1 aliphatic heterocycles. The van der Waals surface area contributed by atoms with Crippen molar-refractivity contribution in [3.63, 3.8) is 0 Å². The van der Waals surface area contributed by atoms with Crippen molar-refractivity contribution in [3.8, 4) is 5.75 Å². The smallest absolute Gasteiger partial charge is 0.258 e. The second kappa shape index (κ2) is 9.17. The molecular weight excluding hydrogens is 401 g/mol. The number of likely N-dealkylation sites (N-methyl/N-ethyl adjacent to an activating group) is 1.